The predicted molar refractivity (Wildman–Crippen MR) is 82.5 cm³/mol. The molecule has 3 nitrogen and oxygen atoms in total. The van der Waals surface area contributed by atoms with E-state index in [-0.39, 0.29) is 11.8 Å². The van der Waals surface area contributed by atoms with Crippen LogP contribution in [0.5, 0.6) is 0 Å². The van der Waals surface area contributed by atoms with Gasteiger partial charge >= 0.3 is 0 Å². The zero-order valence-corrected chi connectivity index (χ0v) is 13.2. The highest BCUT2D eigenvalue weighted by molar-refractivity contribution is 7.98. The van der Waals surface area contributed by atoms with Crippen molar-refractivity contribution in [3.63, 3.8) is 0 Å². The molecule has 110 valence electrons. The monoisotopic (exact) mass is 284 g/mol. The highest BCUT2D eigenvalue weighted by Crippen LogP contribution is 2.26. The van der Waals surface area contributed by atoms with Crippen molar-refractivity contribution in [3.05, 3.63) is 0 Å². The second kappa shape index (κ2) is 7.53. The summed E-state index contributed by atoms with van der Waals surface area (Å²) in [5.41, 5.74) is 0. The second-order valence-corrected chi connectivity index (χ2v) is 7.17. The average molecular weight is 284 g/mol. The molecule has 2 unspecified atom stereocenters. The normalized spacial score (nSPS) is 26.7. The lowest BCUT2D eigenvalue weighted by molar-refractivity contribution is -0.124. The highest BCUT2D eigenvalue weighted by atomic mass is 32.2. The van der Waals surface area contributed by atoms with E-state index in [1.54, 1.807) is 11.8 Å². The summed E-state index contributed by atoms with van der Waals surface area (Å²) >= 11 is 1.75. The van der Waals surface area contributed by atoms with Crippen molar-refractivity contribution < 1.29 is 4.79 Å². The Bertz CT molecular complexity index is 292. The lowest BCUT2D eigenvalue weighted by Crippen LogP contribution is -2.40. The summed E-state index contributed by atoms with van der Waals surface area (Å²) in [6, 6.07) is 0.387. The molecular formula is C15H28N2OS. The molecule has 1 heterocycles. The minimum absolute atomic E-state index is 0.138. The third-order valence-corrected chi connectivity index (χ3v) is 5.31. The summed E-state index contributed by atoms with van der Waals surface area (Å²) in [7, 11) is 0. The van der Waals surface area contributed by atoms with Crippen molar-refractivity contribution in [2.45, 2.75) is 45.1 Å². The van der Waals surface area contributed by atoms with Crippen molar-refractivity contribution >= 4 is 17.7 Å². The minimum Gasteiger partial charge on any atom is -0.352 e. The first-order chi connectivity index (χ1) is 9.19. The van der Waals surface area contributed by atoms with Crippen LogP contribution >= 0.6 is 11.8 Å². The maximum Gasteiger partial charge on any atom is 0.223 e. The molecule has 2 aliphatic rings. The predicted octanol–water partition coefficient (Wildman–Crippen LogP) is 2.37. The number of thioether (sulfide) groups is 1. The van der Waals surface area contributed by atoms with Crippen LogP contribution in [0, 0.1) is 11.8 Å². The fourth-order valence-electron chi connectivity index (χ4n) is 3.34. The molecular weight excluding hydrogens is 256 g/mol. The lowest BCUT2D eigenvalue weighted by Gasteiger charge is -2.21. The van der Waals surface area contributed by atoms with E-state index in [1.165, 1.54) is 38.8 Å². The molecule has 2 fully saturated rings. The highest BCUT2D eigenvalue weighted by Gasteiger charge is 2.27. The van der Waals surface area contributed by atoms with Crippen molar-refractivity contribution in [3.8, 4) is 0 Å². The van der Waals surface area contributed by atoms with Crippen LogP contribution in [0.15, 0.2) is 0 Å². The molecule has 4 heteroatoms. The summed E-state index contributed by atoms with van der Waals surface area (Å²) < 4.78 is 0. The number of rotatable bonds is 6. The molecule has 0 aromatic heterocycles. The van der Waals surface area contributed by atoms with Gasteiger partial charge in [-0.05, 0) is 31.4 Å². The molecule has 0 spiro atoms. The Balaban J connectivity index is 1.68. The van der Waals surface area contributed by atoms with Gasteiger partial charge in [0.1, 0.15) is 0 Å². The van der Waals surface area contributed by atoms with Gasteiger partial charge in [-0.15, -0.1) is 0 Å². The number of amides is 1. The maximum atomic E-state index is 12.0. The van der Waals surface area contributed by atoms with E-state index < -0.39 is 0 Å². The quantitative estimate of drug-likeness (QED) is 0.813. The molecule has 1 saturated heterocycles. The summed E-state index contributed by atoms with van der Waals surface area (Å²) in [6.07, 6.45) is 8.86. The van der Waals surface area contributed by atoms with E-state index in [0.717, 1.165) is 24.6 Å². The fraction of sp³-hybridized carbons (Fsp3) is 0.933. The Morgan fingerprint density at radius 3 is 2.79 bits per heavy atom. The number of likely N-dealkylation sites (tertiary alicyclic amines) is 1. The van der Waals surface area contributed by atoms with Gasteiger partial charge in [-0.25, -0.2) is 0 Å². The Labute approximate surface area is 121 Å². The Hall–Kier alpha value is -0.220. The van der Waals surface area contributed by atoms with Crippen LogP contribution in [0.1, 0.15) is 39.0 Å². The molecule has 1 aliphatic carbocycles. The van der Waals surface area contributed by atoms with Crippen LogP contribution in [0.25, 0.3) is 0 Å². The fourth-order valence-corrected chi connectivity index (χ4v) is 3.99. The zero-order valence-electron chi connectivity index (χ0n) is 12.4. The maximum absolute atomic E-state index is 12.0. The molecule has 1 aliphatic heterocycles. The van der Waals surface area contributed by atoms with Gasteiger partial charge in [0.05, 0.1) is 0 Å². The number of carbonyl (C=O) groups is 1. The van der Waals surface area contributed by atoms with Crippen molar-refractivity contribution in [1.29, 1.82) is 0 Å². The molecule has 0 aromatic carbocycles. The topological polar surface area (TPSA) is 32.3 Å². The summed E-state index contributed by atoms with van der Waals surface area (Å²) in [4.78, 5) is 14.6. The smallest absolute Gasteiger partial charge is 0.223 e. The Morgan fingerprint density at radius 2 is 2.11 bits per heavy atom. The van der Waals surface area contributed by atoms with Crippen LogP contribution in [0.4, 0.5) is 0 Å². The molecule has 1 N–H and O–H groups in total. The number of carbonyl (C=O) groups excluding carboxylic acids is 1. The van der Waals surface area contributed by atoms with Gasteiger partial charge in [0.2, 0.25) is 5.91 Å². The van der Waals surface area contributed by atoms with E-state index in [0.29, 0.717) is 6.04 Å². The standard InChI is InChI=1S/C15H28N2OS/c1-12(11-19-2)15(18)16-14-7-8-17(10-14)9-13-5-3-4-6-13/h12-14H,3-11H2,1-2H3,(H,16,18). The number of nitrogens with zero attached hydrogens (tertiary/aromatic N) is 1. The largest absolute Gasteiger partial charge is 0.352 e. The molecule has 19 heavy (non-hydrogen) atoms. The van der Waals surface area contributed by atoms with Crippen LogP contribution in [0.2, 0.25) is 0 Å². The second-order valence-electron chi connectivity index (χ2n) is 6.26. The van der Waals surface area contributed by atoms with E-state index in [1.807, 2.05) is 6.92 Å². The van der Waals surface area contributed by atoms with Crippen molar-refractivity contribution in [2.75, 3.05) is 31.6 Å². The number of hydrogen-bond acceptors (Lipinski definition) is 3. The SMILES string of the molecule is CSCC(C)C(=O)NC1CCN(CC2CCCC2)C1. The molecule has 1 saturated carbocycles. The van der Waals surface area contributed by atoms with Gasteiger partial charge in [0, 0.05) is 37.3 Å². The summed E-state index contributed by atoms with van der Waals surface area (Å²) in [6.45, 7) is 5.51. The third kappa shape index (κ3) is 4.67. The molecule has 2 atom stereocenters. The summed E-state index contributed by atoms with van der Waals surface area (Å²) in [5, 5.41) is 3.22. The summed E-state index contributed by atoms with van der Waals surface area (Å²) in [5.74, 6) is 2.22. The van der Waals surface area contributed by atoms with Crippen LogP contribution in [-0.4, -0.2) is 48.5 Å². The Morgan fingerprint density at radius 1 is 1.37 bits per heavy atom. The van der Waals surface area contributed by atoms with Gasteiger partial charge in [-0.3, -0.25) is 4.79 Å². The van der Waals surface area contributed by atoms with E-state index in [2.05, 4.69) is 16.5 Å². The van der Waals surface area contributed by atoms with Crippen LogP contribution in [-0.2, 0) is 4.79 Å². The average Bonchev–Trinajstić information content (AvgIpc) is 3.02. The first-order valence-corrected chi connectivity index (χ1v) is 9.10. The molecule has 1 amide bonds. The first kappa shape index (κ1) is 15.2. The van der Waals surface area contributed by atoms with Gasteiger partial charge in [0.25, 0.3) is 0 Å². The van der Waals surface area contributed by atoms with E-state index in [4.69, 9.17) is 0 Å². The third-order valence-electron chi connectivity index (χ3n) is 4.47. The van der Waals surface area contributed by atoms with Crippen LogP contribution < -0.4 is 5.32 Å². The first-order valence-electron chi connectivity index (χ1n) is 7.70. The molecule has 0 bridgehead atoms. The zero-order chi connectivity index (χ0) is 13.7. The minimum atomic E-state index is 0.138. The van der Waals surface area contributed by atoms with Gasteiger partial charge in [0.15, 0.2) is 0 Å². The number of hydrogen-bond donors (Lipinski definition) is 1. The molecule has 2 rings (SSSR count). The van der Waals surface area contributed by atoms with Gasteiger partial charge in [-0.2, -0.15) is 11.8 Å². The molecule has 0 aromatic rings. The van der Waals surface area contributed by atoms with Crippen molar-refractivity contribution in [2.24, 2.45) is 11.8 Å². The van der Waals surface area contributed by atoms with Crippen molar-refractivity contribution in [1.82, 2.24) is 10.2 Å². The number of nitrogens with one attached hydrogen (secondary N) is 1. The van der Waals surface area contributed by atoms with Crippen LogP contribution in [0.3, 0.4) is 0 Å². The molecule has 0 radical (unpaired) electrons. The Kier molecular flexibility index (Phi) is 6.02. The lowest BCUT2D eigenvalue weighted by atomic mass is 10.1. The van der Waals surface area contributed by atoms with E-state index in [9.17, 15) is 4.79 Å². The van der Waals surface area contributed by atoms with E-state index >= 15 is 0 Å². The van der Waals surface area contributed by atoms with Gasteiger partial charge in [-0.1, -0.05) is 19.8 Å². The van der Waals surface area contributed by atoms with Gasteiger partial charge < -0.3 is 10.2 Å².